The molecule has 0 unspecified atom stereocenters. The van der Waals surface area contributed by atoms with E-state index in [0.29, 0.717) is 29.4 Å². The standard InChI is InChI=1S/C22H23BrN2O4/c1-5-29-22(26)16-12-25(13(2)21(16)14-7-6-8-15(24)9-14)18-11-20(28-4)19(27-3)10-17(18)23/h6-12H,5,24H2,1-4H3. The van der Waals surface area contributed by atoms with E-state index in [1.807, 2.05) is 47.9 Å². The van der Waals surface area contributed by atoms with Crippen molar-refractivity contribution in [3.63, 3.8) is 0 Å². The van der Waals surface area contributed by atoms with E-state index in [0.717, 1.165) is 27.0 Å². The van der Waals surface area contributed by atoms with E-state index in [1.54, 1.807) is 27.3 Å². The number of benzene rings is 2. The van der Waals surface area contributed by atoms with Gasteiger partial charge in [0.05, 0.1) is 32.1 Å². The molecule has 1 heterocycles. The third-order valence-electron chi connectivity index (χ3n) is 4.63. The molecule has 0 aliphatic heterocycles. The van der Waals surface area contributed by atoms with Gasteiger partial charge in [0.2, 0.25) is 0 Å². The number of hydrogen-bond acceptors (Lipinski definition) is 5. The maximum absolute atomic E-state index is 12.7. The Morgan fingerprint density at radius 3 is 2.45 bits per heavy atom. The van der Waals surface area contributed by atoms with Crippen molar-refractivity contribution in [2.45, 2.75) is 13.8 Å². The van der Waals surface area contributed by atoms with Crippen LogP contribution in [0.25, 0.3) is 16.8 Å². The molecule has 0 bridgehead atoms. The first-order valence-corrected chi connectivity index (χ1v) is 9.87. The first-order chi connectivity index (χ1) is 13.9. The van der Waals surface area contributed by atoms with Gasteiger partial charge in [0.15, 0.2) is 11.5 Å². The molecule has 0 saturated heterocycles. The normalized spacial score (nSPS) is 10.7. The number of nitrogen functional groups attached to an aromatic ring is 1. The fourth-order valence-electron chi connectivity index (χ4n) is 3.31. The Kier molecular flexibility index (Phi) is 6.17. The van der Waals surface area contributed by atoms with Crippen molar-refractivity contribution < 1.29 is 19.0 Å². The van der Waals surface area contributed by atoms with Gasteiger partial charge >= 0.3 is 5.97 Å². The fraction of sp³-hybridized carbons (Fsp3) is 0.227. The van der Waals surface area contributed by atoms with Crippen LogP contribution in [0.2, 0.25) is 0 Å². The van der Waals surface area contributed by atoms with Crippen LogP contribution < -0.4 is 15.2 Å². The number of nitrogens with two attached hydrogens (primary N) is 1. The second-order valence-electron chi connectivity index (χ2n) is 6.38. The smallest absolute Gasteiger partial charge is 0.340 e. The number of carbonyl (C=O) groups excluding carboxylic acids is 1. The number of aromatic nitrogens is 1. The molecule has 1 aromatic heterocycles. The van der Waals surface area contributed by atoms with Crippen LogP contribution in [0.15, 0.2) is 47.1 Å². The molecule has 152 valence electrons. The largest absolute Gasteiger partial charge is 0.493 e. The van der Waals surface area contributed by atoms with Gasteiger partial charge in [0.1, 0.15) is 0 Å². The molecule has 0 amide bonds. The first kappa shape index (κ1) is 20.8. The van der Waals surface area contributed by atoms with Crippen molar-refractivity contribution >= 4 is 27.6 Å². The van der Waals surface area contributed by atoms with Gasteiger partial charge in [-0.25, -0.2) is 4.79 Å². The lowest BCUT2D eigenvalue weighted by Gasteiger charge is -2.14. The van der Waals surface area contributed by atoms with E-state index in [1.165, 1.54) is 0 Å². The lowest BCUT2D eigenvalue weighted by Crippen LogP contribution is -2.05. The Morgan fingerprint density at radius 2 is 1.83 bits per heavy atom. The van der Waals surface area contributed by atoms with Crippen LogP contribution in [-0.2, 0) is 4.74 Å². The van der Waals surface area contributed by atoms with Gasteiger partial charge < -0.3 is 24.5 Å². The Hall–Kier alpha value is -2.93. The highest BCUT2D eigenvalue weighted by molar-refractivity contribution is 9.10. The Labute approximate surface area is 178 Å². The second-order valence-corrected chi connectivity index (χ2v) is 7.23. The molecule has 2 aromatic carbocycles. The molecular weight excluding hydrogens is 436 g/mol. The predicted molar refractivity (Wildman–Crippen MR) is 117 cm³/mol. The summed E-state index contributed by atoms with van der Waals surface area (Å²) < 4.78 is 18.8. The van der Waals surface area contributed by atoms with Crippen molar-refractivity contribution in [3.05, 3.63) is 58.3 Å². The van der Waals surface area contributed by atoms with Crippen LogP contribution in [0.4, 0.5) is 5.69 Å². The number of carbonyl (C=O) groups is 1. The number of esters is 1. The molecule has 3 aromatic rings. The lowest BCUT2D eigenvalue weighted by molar-refractivity contribution is 0.0527. The van der Waals surface area contributed by atoms with Crippen LogP contribution in [-0.4, -0.2) is 31.4 Å². The molecule has 0 atom stereocenters. The van der Waals surface area contributed by atoms with Crippen molar-refractivity contribution in [3.8, 4) is 28.3 Å². The highest BCUT2D eigenvalue weighted by Gasteiger charge is 2.23. The van der Waals surface area contributed by atoms with Gasteiger partial charge in [-0.05, 0) is 47.5 Å². The van der Waals surface area contributed by atoms with Crippen molar-refractivity contribution in [2.75, 3.05) is 26.6 Å². The van der Waals surface area contributed by atoms with Gasteiger partial charge in [-0.2, -0.15) is 0 Å². The molecule has 0 aliphatic carbocycles. The highest BCUT2D eigenvalue weighted by atomic mass is 79.9. The van der Waals surface area contributed by atoms with E-state index in [4.69, 9.17) is 19.9 Å². The van der Waals surface area contributed by atoms with Crippen LogP contribution in [0.3, 0.4) is 0 Å². The zero-order valence-corrected chi connectivity index (χ0v) is 18.4. The first-order valence-electron chi connectivity index (χ1n) is 9.08. The summed E-state index contributed by atoms with van der Waals surface area (Å²) >= 11 is 3.60. The average molecular weight is 459 g/mol. The van der Waals surface area contributed by atoms with Gasteiger partial charge in [-0.3, -0.25) is 0 Å². The SMILES string of the molecule is CCOC(=O)c1cn(-c2cc(OC)c(OC)cc2Br)c(C)c1-c1cccc(N)c1. The number of halogens is 1. The second kappa shape index (κ2) is 8.61. The molecule has 0 radical (unpaired) electrons. The molecule has 0 fully saturated rings. The Balaban J connectivity index is 2.27. The van der Waals surface area contributed by atoms with Crippen LogP contribution in [0.1, 0.15) is 23.0 Å². The van der Waals surface area contributed by atoms with Gasteiger partial charge in [0, 0.05) is 39.7 Å². The maximum Gasteiger partial charge on any atom is 0.340 e. The van der Waals surface area contributed by atoms with E-state index in [2.05, 4.69) is 15.9 Å². The van der Waals surface area contributed by atoms with Crippen molar-refractivity contribution in [1.29, 1.82) is 0 Å². The zero-order chi connectivity index (χ0) is 21.1. The molecule has 0 spiro atoms. The molecule has 0 saturated carbocycles. The fourth-order valence-corrected chi connectivity index (χ4v) is 3.82. The zero-order valence-electron chi connectivity index (χ0n) is 16.8. The van der Waals surface area contributed by atoms with Crippen molar-refractivity contribution in [1.82, 2.24) is 4.57 Å². The third kappa shape index (κ3) is 3.96. The molecule has 3 rings (SSSR count). The van der Waals surface area contributed by atoms with Crippen LogP contribution in [0, 0.1) is 6.92 Å². The van der Waals surface area contributed by atoms with E-state index >= 15 is 0 Å². The summed E-state index contributed by atoms with van der Waals surface area (Å²) in [5, 5.41) is 0. The number of ether oxygens (including phenoxy) is 3. The van der Waals surface area contributed by atoms with Gasteiger partial charge in [-0.15, -0.1) is 0 Å². The summed E-state index contributed by atoms with van der Waals surface area (Å²) in [5.74, 6) is 0.806. The summed E-state index contributed by atoms with van der Waals surface area (Å²) in [6.07, 6.45) is 1.78. The predicted octanol–water partition coefficient (Wildman–Crippen LogP) is 4.99. The van der Waals surface area contributed by atoms with Gasteiger partial charge in [0.25, 0.3) is 0 Å². The highest BCUT2D eigenvalue weighted by Crippen LogP contribution is 2.39. The van der Waals surface area contributed by atoms with E-state index in [9.17, 15) is 4.79 Å². The average Bonchev–Trinajstić information content (AvgIpc) is 3.05. The summed E-state index contributed by atoms with van der Waals surface area (Å²) in [7, 11) is 3.17. The number of anilines is 1. The minimum Gasteiger partial charge on any atom is -0.493 e. The number of hydrogen-bond donors (Lipinski definition) is 1. The van der Waals surface area contributed by atoms with Crippen LogP contribution >= 0.6 is 15.9 Å². The Morgan fingerprint density at radius 1 is 1.14 bits per heavy atom. The van der Waals surface area contributed by atoms with E-state index < -0.39 is 0 Å². The number of nitrogens with zero attached hydrogens (tertiary/aromatic N) is 1. The maximum atomic E-state index is 12.7. The summed E-state index contributed by atoms with van der Waals surface area (Å²) in [6, 6.07) is 11.1. The lowest BCUT2D eigenvalue weighted by atomic mass is 10.0. The third-order valence-corrected chi connectivity index (χ3v) is 5.27. The van der Waals surface area contributed by atoms with Crippen molar-refractivity contribution in [2.24, 2.45) is 0 Å². The Bertz CT molecular complexity index is 1060. The number of rotatable bonds is 6. The minimum atomic E-state index is -0.386. The van der Waals surface area contributed by atoms with Crippen LogP contribution in [0.5, 0.6) is 11.5 Å². The summed E-state index contributed by atoms with van der Waals surface area (Å²) in [6.45, 7) is 4.02. The molecule has 2 N–H and O–H groups in total. The topological polar surface area (TPSA) is 75.7 Å². The molecule has 0 aliphatic rings. The number of methoxy groups -OCH3 is 2. The summed E-state index contributed by atoms with van der Waals surface area (Å²) in [4.78, 5) is 12.7. The molecule has 29 heavy (non-hydrogen) atoms. The quantitative estimate of drug-likeness (QED) is 0.415. The molecular formula is C22H23BrN2O4. The monoisotopic (exact) mass is 458 g/mol. The van der Waals surface area contributed by atoms with E-state index in [-0.39, 0.29) is 5.97 Å². The van der Waals surface area contributed by atoms with Gasteiger partial charge in [-0.1, -0.05) is 12.1 Å². The minimum absolute atomic E-state index is 0.291. The molecule has 6 nitrogen and oxygen atoms in total. The summed E-state index contributed by atoms with van der Waals surface area (Å²) in [5.41, 5.74) is 10.4. The molecule has 7 heteroatoms.